The zero-order valence-electron chi connectivity index (χ0n) is 6.08. The minimum Gasteiger partial charge on any atom is -0.288 e. The van der Waals surface area contributed by atoms with Gasteiger partial charge in [-0.1, -0.05) is 0 Å². The van der Waals surface area contributed by atoms with Crippen LogP contribution in [0.5, 0.6) is 0 Å². The van der Waals surface area contributed by atoms with Gasteiger partial charge in [-0.3, -0.25) is 7.76 Å². The van der Waals surface area contributed by atoms with Crippen molar-refractivity contribution >= 4 is 33.8 Å². The molecule has 0 atom stereocenters. The van der Waals surface area contributed by atoms with Crippen LogP contribution in [0.3, 0.4) is 0 Å². The van der Waals surface area contributed by atoms with E-state index in [1.54, 1.807) is 0 Å². The van der Waals surface area contributed by atoms with E-state index < -0.39 is 0 Å². The molecule has 0 aliphatic rings. The van der Waals surface area contributed by atoms with Crippen molar-refractivity contribution in [2.75, 3.05) is 0 Å². The van der Waals surface area contributed by atoms with Crippen LogP contribution in [0.15, 0.2) is 24.7 Å². The third-order valence-corrected chi connectivity index (χ3v) is 2.61. The Morgan fingerprint density at radius 2 is 2.27 bits per heavy atom. The lowest BCUT2D eigenvalue weighted by Gasteiger charge is -1.94. The summed E-state index contributed by atoms with van der Waals surface area (Å²) in [7, 11) is 0. The minimum absolute atomic E-state index is 1.19. The SMILES string of the molecule is Cc1cncc2c1ccn2I. The molecule has 2 heterocycles. The second-order valence-electron chi connectivity index (χ2n) is 2.52. The Bertz CT molecular complexity index is 392. The van der Waals surface area contributed by atoms with Crippen molar-refractivity contribution < 1.29 is 0 Å². The second-order valence-corrected chi connectivity index (χ2v) is 3.56. The number of rotatable bonds is 0. The zero-order chi connectivity index (χ0) is 7.84. The molecule has 3 heteroatoms. The average molecular weight is 258 g/mol. The number of aromatic nitrogens is 2. The highest BCUT2D eigenvalue weighted by molar-refractivity contribution is 14.1. The summed E-state index contributed by atoms with van der Waals surface area (Å²) in [6.07, 6.45) is 5.81. The Morgan fingerprint density at radius 3 is 3.00 bits per heavy atom. The fraction of sp³-hybridized carbons (Fsp3) is 0.125. The topological polar surface area (TPSA) is 17.8 Å². The third kappa shape index (κ3) is 1.03. The predicted molar refractivity (Wildman–Crippen MR) is 53.9 cm³/mol. The Hall–Kier alpha value is -0.580. The Labute approximate surface area is 78.7 Å². The molecule has 0 aromatic carbocycles. The van der Waals surface area contributed by atoms with Crippen LogP contribution in [0.1, 0.15) is 5.56 Å². The smallest absolute Gasteiger partial charge is 0.0762 e. The Morgan fingerprint density at radius 1 is 1.45 bits per heavy atom. The number of fused-ring (bicyclic) bond motifs is 1. The van der Waals surface area contributed by atoms with E-state index in [-0.39, 0.29) is 0 Å². The molecule has 11 heavy (non-hydrogen) atoms. The average Bonchev–Trinajstić information content (AvgIpc) is 2.35. The maximum Gasteiger partial charge on any atom is 0.0762 e. The van der Waals surface area contributed by atoms with Crippen LogP contribution in [0, 0.1) is 6.92 Å². The highest BCUT2D eigenvalue weighted by Gasteiger charge is 1.99. The highest BCUT2D eigenvalue weighted by atomic mass is 127. The van der Waals surface area contributed by atoms with E-state index in [1.165, 1.54) is 16.5 Å². The first kappa shape index (κ1) is 7.09. The van der Waals surface area contributed by atoms with Gasteiger partial charge in [0.25, 0.3) is 0 Å². The second kappa shape index (κ2) is 2.48. The molecule has 56 valence electrons. The Kier molecular flexibility index (Phi) is 1.60. The number of halogens is 1. The minimum atomic E-state index is 1.19. The lowest BCUT2D eigenvalue weighted by atomic mass is 10.2. The largest absolute Gasteiger partial charge is 0.288 e. The van der Waals surface area contributed by atoms with Gasteiger partial charge in [0.2, 0.25) is 0 Å². The fourth-order valence-electron chi connectivity index (χ4n) is 1.17. The molecule has 0 amide bonds. The number of nitrogens with zero attached hydrogens (tertiary/aromatic N) is 2. The molecule has 0 aliphatic heterocycles. The third-order valence-electron chi connectivity index (χ3n) is 1.77. The summed E-state index contributed by atoms with van der Waals surface area (Å²) in [5.74, 6) is 0. The lowest BCUT2D eigenvalue weighted by Crippen LogP contribution is -1.80. The van der Waals surface area contributed by atoms with Crippen LogP contribution in [0.25, 0.3) is 10.9 Å². The Balaban J connectivity index is 2.94. The van der Waals surface area contributed by atoms with Gasteiger partial charge >= 0.3 is 0 Å². The summed E-state index contributed by atoms with van der Waals surface area (Å²) >= 11 is 2.25. The molecule has 0 radical (unpaired) electrons. The summed E-state index contributed by atoms with van der Waals surface area (Å²) in [4.78, 5) is 4.12. The lowest BCUT2D eigenvalue weighted by molar-refractivity contribution is 1.29. The fourth-order valence-corrected chi connectivity index (χ4v) is 1.71. The van der Waals surface area contributed by atoms with E-state index in [2.05, 4.69) is 40.8 Å². The van der Waals surface area contributed by atoms with Crippen LogP contribution in [-0.2, 0) is 0 Å². The molecular formula is C8H7IN2. The molecule has 2 rings (SSSR count). The molecule has 2 aromatic rings. The van der Waals surface area contributed by atoms with E-state index in [1.807, 2.05) is 21.4 Å². The van der Waals surface area contributed by atoms with Crippen molar-refractivity contribution in [3.05, 3.63) is 30.2 Å². The summed E-state index contributed by atoms with van der Waals surface area (Å²) in [6, 6.07) is 2.11. The molecule has 2 nitrogen and oxygen atoms in total. The van der Waals surface area contributed by atoms with E-state index in [0.717, 1.165) is 0 Å². The standard InChI is InChI=1S/C8H7IN2/c1-6-4-10-5-8-7(6)2-3-11(8)9/h2-5H,1H3. The van der Waals surface area contributed by atoms with Crippen molar-refractivity contribution in [3.63, 3.8) is 0 Å². The van der Waals surface area contributed by atoms with E-state index in [0.29, 0.717) is 0 Å². The highest BCUT2D eigenvalue weighted by Crippen LogP contribution is 2.19. The van der Waals surface area contributed by atoms with Gasteiger partial charge in [0.1, 0.15) is 0 Å². The monoisotopic (exact) mass is 258 g/mol. The molecule has 0 spiro atoms. The van der Waals surface area contributed by atoms with Gasteiger partial charge in [-0.2, -0.15) is 0 Å². The first-order valence-corrected chi connectivity index (χ1v) is 4.33. The summed E-state index contributed by atoms with van der Waals surface area (Å²) in [6.45, 7) is 2.08. The molecular weight excluding hydrogens is 251 g/mol. The summed E-state index contributed by atoms with van der Waals surface area (Å²) in [5.41, 5.74) is 2.42. The van der Waals surface area contributed by atoms with Crippen molar-refractivity contribution in [2.45, 2.75) is 6.92 Å². The maximum atomic E-state index is 4.12. The van der Waals surface area contributed by atoms with E-state index in [4.69, 9.17) is 0 Å². The van der Waals surface area contributed by atoms with Gasteiger partial charge in [0.05, 0.1) is 34.6 Å². The molecule has 0 fully saturated rings. The molecule has 0 N–H and O–H groups in total. The van der Waals surface area contributed by atoms with Crippen molar-refractivity contribution in [1.82, 2.24) is 7.76 Å². The number of hydrogen-bond donors (Lipinski definition) is 0. The normalized spacial score (nSPS) is 10.7. The molecule has 0 unspecified atom stereocenters. The van der Waals surface area contributed by atoms with Crippen LogP contribution in [-0.4, -0.2) is 7.76 Å². The summed E-state index contributed by atoms with van der Waals surface area (Å²) < 4.78 is 2.05. The van der Waals surface area contributed by atoms with Crippen molar-refractivity contribution in [2.24, 2.45) is 0 Å². The quantitative estimate of drug-likeness (QED) is 0.664. The van der Waals surface area contributed by atoms with Crippen molar-refractivity contribution in [1.29, 1.82) is 0 Å². The molecule has 2 aromatic heterocycles. The number of aryl methyl sites for hydroxylation is 1. The first-order valence-electron chi connectivity index (χ1n) is 3.37. The molecule has 0 saturated heterocycles. The van der Waals surface area contributed by atoms with E-state index in [9.17, 15) is 0 Å². The van der Waals surface area contributed by atoms with Crippen LogP contribution in [0.4, 0.5) is 0 Å². The first-order chi connectivity index (χ1) is 5.29. The molecule has 0 bridgehead atoms. The van der Waals surface area contributed by atoms with Gasteiger partial charge in [0, 0.05) is 17.8 Å². The van der Waals surface area contributed by atoms with Crippen LogP contribution < -0.4 is 0 Å². The van der Waals surface area contributed by atoms with Gasteiger partial charge in [-0.15, -0.1) is 0 Å². The summed E-state index contributed by atoms with van der Waals surface area (Å²) in [5, 5.41) is 1.29. The van der Waals surface area contributed by atoms with Crippen LogP contribution >= 0.6 is 22.9 Å². The van der Waals surface area contributed by atoms with Gasteiger partial charge in [-0.25, -0.2) is 0 Å². The number of pyridine rings is 1. The van der Waals surface area contributed by atoms with Gasteiger partial charge in [0.15, 0.2) is 0 Å². The molecule has 0 aliphatic carbocycles. The molecule has 0 saturated carbocycles. The number of hydrogen-bond acceptors (Lipinski definition) is 1. The maximum absolute atomic E-state index is 4.12. The van der Waals surface area contributed by atoms with Crippen molar-refractivity contribution in [3.8, 4) is 0 Å². The van der Waals surface area contributed by atoms with E-state index >= 15 is 0 Å². The van der Waals surface area contributed by atoms with Gasteiger partial charge < -0.3 is 0 Å². The van der Waals surface area contributed by atoms with Crippen LogP contribution in [0.2, 0.25) is 0 Å². The zero-order valence-corrected chi connectivity index (χ0v) is 8.24. The predicted octanol–water partition coefficient (Wildman–Crippen LogP) is 2.54. The van der Waals surface area contributed by atoms with Gasteiger partial charge in [-0.05, 0) is 18.6 Å².